The smallest absolute Gasteiger partial charge is 0.410 e. The van der Waals surface area contributed by atoms with Crippen molar-refractivity contribution in [2.75, 3.05) is 129 Å². The van der Waals surface area contributed by atoms with E-state index in [2.05, 4.69) is 76.5 Å². The second kappa shape index (κ2) is 40.2. The molecule has 0 atom stereocenters. The van der Waals surface area contributed by atoms with Crippen LogP contribution in [-0.2, 0) is 28.7 Å². The Morgan fingerprint density at radius 3 is 1.04 bits per heavy atom. The van der Waals surface area contributed by atoms with Crippen molar-refractivity contribution < 1.29 is 78.1 Å². The maximum absolute atomic E-state index is 13.0. The average Bonchev–Trinajstić information content (AvgIpc) is 1.61. The molecular formula is C94H117F9N18O8S3. The Bertz CT molecular complexity index is 5480. The molecule has 6 aliphatic heterocycles. The molecule has 132 heavy (non-hydrogen) atoms. The van der Waals surface area contributed by atoms with E-state index in [1.807, 2.05) is 90.1 Å². The number of hydrogen-bond acceptors (Lipinski definition) is 24. The Kier molecular flexibility index (Phi) is 29.3. The molecule has 3 spiro atoms. The summed E-state index contributed by atoms with van der Waals surface area (Å²) in [6, 6.07) is 27.7. The van der Waals surface area contributed by atoms with Crippen LogP contribution in [0.3, 0.4) is 0 Å². The molecule has 38 heteroatoms. The van der Waals surface area contributed by atoms with Gasteiger partial charge in [-0.25, -0.2) is 44.3 Å². The highest BCUT2D eigenvalue weighted by atomic mass is 32.1. The number of nitrogens with two attached hydrogens (primary N) is 1. The number of piperidine rings is 3. The largest absolute Gasteiger partial charge is 0.478 e. The van der Waals surface area contributed by atoms with Crippen LogP contribution < -0.4 is 52.3 Å². The summed E-state index contributed by atoms with van der Waals surface area (Å²) in [5.74, 6) is 2.55. The average molecular weight is 1890 g/mol. The Morgan fingerprint density at radius 2 is 0.742 bits per heavy atom. The van der Waals surface area contributed by atoms with Crippen molar-refractivity contribution in [3.05, 3.63) is 141 Å². The first-order chi connectivity index (χ1) is 62.6. The maximum Gasteiger partial charge on any atom is 0.410 e. The molecule has 0 radical (unpaired) electrons. The van der Waals surface area contributed by atoms with Gasteiger partial charge in [-0.2, -0.15) is 39.5 Å². The third-order valence-electron chi connectivity index (χ3n) is 26.5. The Morgan fingerprint density at radius 1 is 0.439 bits per heavy atom. The van der Waals surface area contributed by atoms with Gasteiger partial charge in [0.2, 0.25) is 0 Å². The molecule has 9 N–H and O–H groups in total. The van der Waals surface area contributed by atoms with Crippen LogP contribution in [0.15, 0.2) is 110 Å². The van der Waals surface area contributed by atoms with Gasteiger partial charge < -0.3 is 76.7 Å². The quantitative estimate of drug-likeness (QED) is 0.0329. The number of amides is 4. The second-order valence-corrected chi connectivity index (χ2v) is 42.6. The van der Waals surface area contributed by atoms with Gasteiger partial charge in [-0.15, -0.1) is 34.0 Å². The van der Waals surface area contributed by atoms with E-state index in [0.29, 0.717) is 97.3 Å². The van der Waals surface area contributed by atoms with Gasteiger partial charge >= 0.3 is 36.7 Å². The number of alkyl halides is 9. The molecular weight excluding hydrogens is 1780 g/mol. The molecule has 3 aliphatic carbocycles. The minimum atomic E-state index is -4.25. The van der Waals surface area contributed by atoms with Crippen LogP contribution in [0.4, 0.5) is 83.6 Å². The molecule has 712 valence electrons. The standard InChI is InChI=1S/C33H41F3N6O3S.C28H33F3N6OS.C22H21F3N4O2S.C11H22N2O2/c1-31(2,3)45-30(44)41-11-8-21(9-12-41)18-37-28(43)22-4-6-23(7-5-22)40-24-15-32(16-24)10-13-42(19-32)27-26-14-25(17-33(34,35)36)46-29(26)39-20-38-27;29-28(30,31)14-22-11-23-24(34-17-35-26(23)39-22)37-10-7-27(16-37)12-21(13-27)36-20-3-1-19(2-4-20)25(38)33-15-18-5-8-32-9-6-18;23-22(24,25)10-16-7-17-18(26-12-27-19(17)32-16)29-6-5-21(11-29)8-15(9-21)28-14-3-1-13(2-4-14)20(30)31;1-11(2,3)15-10(14)13-6-4-9(8-12)5-7-13/h4-7,14,20-21,24,40H,8-13,15-19H2,1-3H3,(H,37,43);1-4,11,17-18,21,32,36H,5-10,12-16H2,(H,33,38);1-4,7,12,15,28H,5-6,8-11H2,(H,30,31);9H,4-8,12H2,1-3H3. The molecule has 6 saturated heterocycles. The summed E-state index contributed by atoms with van der Waals surface area (Å²) in [5, 5.41) is 31.2. The molecule has 9 aromatic rings. The van der Waals surface area contributed by atoms with Crippen LogP contribution in [0.5, 0.6) is 0 Å². The molecule has 0 unspecified atom stereocenters. The number of carbonyl (C=O) groups excluding carboxylic acids is 4. The molecule has 9 fully saturated rings. The van der Waals surface area contributed by atoms with Crippen LogP contribution in [0, 0.1) is 34.0 Å². The number of nitrogens with one attached hydrogen (secondary N) is 6. The number of rotatable bonds is 20. The molecule has 4 amide bonds. The number of aromatic carboxylic acids is 1. The number of hydrogen-bond donors (Lipinski definition) is 8. The third kappa shape index (κ3) is 25.4. The predicted molar refractivity (Wildman–Crippen MR) is 496 cm³/mol. The number of thiophene rings is 3. The number of carboxylic acid groups (broad SMARTS) is 1. The summed E-state index contributed by atoms with van der Waals surface area (Å²) in [7, 11) is 0. The van der Waals surface area contributed by atoms with Crippen LogP contribution in [-0.4, -0.2) is 221 Å². The van der Waals surface area contributed by atoms with Gasteiger partial charge in [0.15, 0.2) is 0 Å². The van der Waals surface area contributed by atoms with Crippen molar-refractivity contribution in [3.8, 4) is 0 Å². The third-order valence-corrected chi connectivity index (χ3v) is 29.6. The Hall–Kier alpha value is -10.2. The number of nitrogens with zero attached hydrogens (tertiary/aromatic N) is 11. The summed E-state index contributed by atoms with van der Waals surface area (Å²) in [6.07, 6.45) is 3.21. The zero-order valence-corrected chi connectivity index (χ0v) is 77.6. The fraction of sp³-hybridized carbons (Fsp3) is 0.564. The first kappa shape index (κ1) is 96.4. The normalized spacial score (nSPS) is 22.5. The molecule has 3 aromatic carbocycles. The number of aromatic nitrogens is 6. The Labute approximate surface area is 773 Å². The van der Waals surface area contributed by atoms with Gasteiger partial charge in [0.1, 0.15) is 62.1 Å². The summed E-state index contributed by atoms with van der Waals surface area (Å²) in [5.41, 5.74) is 9.61. The number of benzene rings is 3. The Balaban J connectivity index is 0.000000142. The monoisotopic (exact) mass is 1890 g/mol. The van der Waals surface area contributed by atoms with Gasteiger partial charge in [0.25, 0.3) is 11.8 Å². The summed E-state index contributed by atoms with van der Waals surface area (Å²) >= 11 is 3.26. The minimum Gasteiger partial charge on any atom is -0.478 e. The van der Waals surface area contributed by atoms with Gasteiger partial charge in [-0.05, 0) is 282 Å². The zero-order valence-electron chi connectivity index (χ0n) is 75.1. The number of carbonyl (C=O) groups is 5. The number of ether oxygens (including phenoxy) is 2. The molecule has 12 heterocycles. The van der Waals surface area contributed by atoms with E-state index < -0.39 is 55.0 Å². The van der Waals surface area contributed by atoms with Crippen molar-refractivity contribution in [2.24, 2.45) is 39.7 Å². The fourth-order valence-corrected chi connectivity index (χ4v) is 22.9. The number of anilines is 6. The van der Waals surface area contributed by atoms with Gasteiger partial charge in [0.05, 0.1) is 41.0 Å². The first-order valence-electron chi connectivity index (χ1n) is 45.5. The molecule has 26 nitrogen and oxygen atoms in total. The molecule has 9 aliphatic rings. The molecule has 6 aromatic heterocycles. The lowest BCUT2D eigenvalue weighted by Crippen LogP contribution is -2.46. The second-order valence-electron chi connectivity index (χ2n) is 39.2. The topological polar surface area (TPSA) is 316 Å². The van der Waals surface area contributed by atoms with Gasteiger partial charge in [0, 0.05) is 139 Å². The van der Waals surface area contributed by atoms with E-state index >= 15 is 0 Å². The number of fused-ring (bicyclic) bond motifs is 3. The van der Waals surface area contributed by atoms with Crippen molar-refractivity contribution >= 4 is 129 Å². The van der Waals surface area contributed by atoms with Crippen molar-refractivity contribution in [1.82, 2.24) is 55.7 Å². The highest BCUT2D eigenvalue weighted by Gasteiger charge is 2.52. The molecule has 0 bridgehead atoms. The van der Waals surface area contributed by atoms with Crippen molar-refractivity contribution in [2.45, 2.75) is 205 Å². The van der Waals surface area contributed by atoms with E-state index in [1.54, 1.807) is 52.3 Å². The van der Waals surface area contributed by atoms with E-state index in [9.17, 15) is 63.5 Å². The van der Waals surface area contributed by atoms with Crippen LogP contribution in [0.25, 0.3) is 30.6 Å². The highest BCUT2D eigenvalue weighted by Crippen LogP contribution is 2.54. The maximum atomic E-state index is 13.0. The van der Waals surface area contributed by atoms with Gasteiger partial charge in [-0.3, -0.25) is 9.59 Å². The number of halogens is 9. The van der Waals surface area contributed by atoms with E-state index in [-0.39, 0.29) is 60.4 Å². The van der Waals surface area contributed by atoms with Crippen LogP contribution >= 0.6 is 34.0 Å². The first-order valence-corrected chi connectivity index (χ1v) is 48.0. The summed E-state index contributed by atoms with van der Waals surface area (Å²) in [4.78, 5) is 98.9. The summed E-state index contributed by atoms with van der Waals surface area (Å²) < 4.78 is 127. The SMILES string of the molecule is CC(C)(C)OC(=O)N1CCC(CN)CC1.CC(C)(C)OC(=O)N1CCC(CNC(=O)c2ccc(NC3CC4(CCN(c5ncnc6sc(CC(F)(F)F)cc56)C4)C3)cc2)CC1.O=C(NCC1CCNCC1)c1ccc(NC2CC3(CCN(c4ncnc5sc(CC(F)(F)F)cc45)C3)C2)cc1.O=C(O)c1ccc(NC2CC3(CCN(c4ncnc5sc(CC(F)(F)F)cc45)C3)C2)cc1. The number of likely N-dealkylation sites (tertiary alicyclic amines) is 2. The van der Waals surface area contributed by atoms with Crippen molar-refractivity contribution in [3.63, 3.8) is 0 Å². The lowest BCUT2D eigenvalue weighted by Gasteiger charge is -2.46. The van der Waals surface area contributed by atoms with Crippen LogP contribution in [0.1, 0.15) is 184 Å². The zero-order chi connectivity index (χ0) is 93.7. The summed E-state index contributed by atoms with van der Waals surface area (Å²) in [6.45, 7) is 23.1. The minimum absolute atomic E-state index is 0.0243. The number of carboxylic acids is 1. The lowest BCUT2D eigenvalue weighted by atomic mass is 9.65. The van der Waals surface area contributed by atoms with Crippen molar-refractivity contribution in [1.29, 1.82) is 0 Å². The van der Waals surface area contributed by atoms with Crippen LogP contribution in [0.2, 0.25) is 0 Å². The molecule has 18 rings (SSSR count). The van der Waals surface area contributed by atoms with Gasteiger partial charge in [-0.1, -0.05) is 0 Å². The fourth-order valence-electron chi connectivity index (χ4n) is 19.8. The van der Waals surface area contributed by atoms with E-state index in [1.165, 1.54) is 19.0 Å². The highest BCUT2D eigenvalue weighted by molar-refractivity contribution is 7.19. The molecule has 3 saturated carbocycles. The van der Waals surface area contributed by atoms with E-state index in [0.717, 1.165) is 243 Å². The predicted octanol–water partition coefficient (Wildman–Crippen LogP) is 18.2. The van der Waals surface area contributed by atoms with E-state index in [4.69, 9.17) is 20.3 Å². The lowest BCUT2D eigenvalue weighted by molar-refractivity contribution is -0.127.